The molecular weight excluding hydrogens is 296 g/mol. The molecule has 0 radical (unpaired) electrons. The quantitative estimate of drug-likeness (QED) is 0.751. The van der Waals surface area contributed by atoms with Gasteiger partial charge in [0.05, 0.1) is 10.9 Å². The van der Waals surface area contributed by atoms with E-state index in [4.69, 9.17) is 9.15 Å². The Bertz CT molecular complexity index is 939. The van der Waals surface area contributed by atoms with Gasteiger partial charge >= 0.3 is 5.97 Å². The fourth-order valence-electron chi connectivity index (χ4n) is 2.41. The number of para-hydroxylation sites is 1. The summed E-state index contributed by atoms with van der Waals surface area (Å²) in [5.74, 6) is 0.932. The van der Waals surface area contributed by atoms with Gasteiger partial charge in [0.1, 0.15) is 17.1 Å². The lowest BCUT2D eigenvalue weighted by Crippen LogP contribution is -2.17. The smallest absolute Gasteiger partial charge is 0.342 e. The molecule has 1 aromatic carbocycles. The van der Waals surface area contributed by atoms with Crippen LogP contribution in [-0.2, 0) is 4.74 Å². The predicted octanol–water partition coefficient (Wildman–Crippen LogP) is 3.05. The summed E-state index contributed by atoms with van der Waals surface area (Å²) in [4.78, 5) is 31.3. The molecule has 3 rings (SSSR count). The van der Waals surface area contributed by atoms with Gasteiger partial charge in [0, 0.05) is 0 Å². The number of aromatic amines is 1. The van der Waals surface area contributed by atoms with Crippen LogP contribution in [0.2, 0.25) is 0 Å². The number of furan rings is 1. The van der Waals surface area contributed by atoms with Gasteiger partial charge in [0.25, 0.3) is 5.56 Å². The number of hydrogen-bond acceptors (Lipinski definition) is 5. The molecule has 0 aliphatic carbocycles. The maximum absolute atomic E-state index is 12.2. The number of benzene rings is 1. The van der Waals surface area contributed by atoms with Gasteiger partial charge in [0.15, 0.2) is 11.9 Å². The highest BCUT2D eigenvalue weighted by molar-refractivity contribution is 5.90. The summed E-state index contributed by atoms with van der Waals surface area (Å²) in [6.07, 6.45) is -0.686. The summed E-state index contributed by atoms with van der Waals surface area (Å²) in [5, 5.41) is 0.496. The molecule has 0 amide bonds. The minimum absolute atomic E-state index is 0.260. The van der Waals surface area contributed by atoms with Gasteiger partial charge in [-0.2, -0.15) is 0 Å². The molecule has 6 heteroatoms. The molecule has 118 valence electrons. The first-order valence-electron chi connectivity index (χ1n) is 7.22. The third-order valence-corrected chi connectivity index (χ3v) is 3.56. The molecule has 1 N–H and O–H groups in total. The number of carbonyl (C=O) groups is 1. The lowest BCUT2D eigenvalue weighted by atomic mass is 10.2. The van der Waals surface area contributed by atoms with Crippen molar-refractivity contribution in [2.75, 3.05) is 0 Å². The number of carbonyl (C=O) groups excluding carboxylic acids is 1. The van der Waals surface area contributed by atoms with Crippen molar-refractivity contribution < 1.29 is 13.9 Å². The second-order valence-electron chi connectivity index (χ2n) is 5.34. The van der Waals surface area contributed by atoms with E-state index in [9.17, 15) is 9.59 Å². The third-order valence-electron chi connectivity index (χ3n) is 3.56. The summed E-state index contributed by atoms with van der Waals surface area (Å²) in [6.45, 7) is 5.12. The van der Waals surface area contributed by atoms with Gasteiger partial charge in [0.2, 0.25) is 0 Å². The van der Waals surface area contributed by atoms with E-state index in [0.717, 1.165) is 0 Å². The Kier molecular flexibility index (Phi) is 3.73. The second-order valence-corrected chi connectivity index (χ2v) is 5.34. The van der Waals surface area contributed by atoms with E-state index in [1.165, 1.54) is 0 Å². The molecule has 0 aliphatic heterocycles. The van der Waals surface area contributed by atoms with Crippen molar-refractivity contribution in [2.45, 2.75) is 26.9 Å². The Morgan fingerprint density at radius 1 is 1.30 bits per heavy atom. The molecule has 2 heterocycles. The second kappa shape index (κ2) is 5.72. The highest BCUT2D eigenvalue weighted by Gasteiger charge is 2.20. The molecule has 0 spiro atoms. The van der Waals surface area contributed by atoms with Gasteiger partial charge in [-0.3, -0.25) is 4.79 Å². The van der Waals surface area contributed by atoms with Crippen LogP contribution in [0.5, 0.6) is 0 Å². The van der Waals surface area contributed by atoms with Crippen LogP contribution in [0.3, 0.4) is 0 Å². The van der Waals surface area contributed by atoms with E-state index >= 15 is 0 Å². The summed E-state index contributed by atoms with van der Waals surface area (Å²) in [7, 11) is 0. The summed E-state index contributed by atoms with van der Waals surface area (Å²) in [5.41, 5.74) is 0.672. The fraction of sp³-hybridized carbons (Fsp3) is 0.235. The molecule has 0 aliphatic rings. The first kappa shape index (κ1) is 15.0. The number of fused-ring (bicyclic) bond motifs is 1. The monoisotopic (exact) mass is 312 g/mol. The van der Waals surface area contributed by atoms with Crippen LogP contribution in [0.15, 0.2) is 39.5 Å². The highest BCUT2D eigenvalue weighted by Crippen LogP contribution is 2.20. The number of aryl methyl sites for hydroxylation is 2. The number of ether oxygens (including phenoxy) is 1. The van der Waals surface area contributed by atoms with Gasteiger partial charge in [-0.1, -0.05) is 12.1 Å². The first-order valence-corrected chi connectivity index (χ1v) is 7.22. The number of nitrogens with one attached hydrogen (secondary N) is 1. The Labute approximate surface area is 132 Å². The summed E-state index contributed by atoms with van der Waals surface area (Å²) >= 11 is 0. The minimum Gasteiger partial charge on any atom is -0.466 e. The van der Waals surface area contributed by atoms with E-state index < -0.39 is 12.1 Å². The normalized spacial score (nSPS) is 12.3. The molecule has 1 atom stereocenters. The van der Waals surface area contributed by atoms with Gasteiger partial charge in [-0.05, 0) is 39.0 Å². The average Bonchev–Trinajstić information content (AvgIpc) is 2.86. The molecule has 1 unspecified atom stereocenters. The molecule has 23 heavy (non-hydrogen) atoms. The number of nitrogens with zero attached hydrogens (tertiary/aromatic N) is 1. The summed E-state index contributed by atoms with van der Waals surface area (Å²) < 4.78 is 10.7. The number of esters is 1. The summed E-state index contributed by atoms with van der Waals surface area (Å²) in [6, 6.07) is 8.63. The van der Waals surface area contributed by atoms with Crippen LogP contribution in [0.4, 0.5) is 0 Å². The van der Waals surface area contributed by atoms with E-state index in [-0.39, 0.29) is 5.56 Å². The van der Waals surface area contributed by atoms with Crippen LogP contribution < -0.4 is 5.56 Å². The number of rotatable bonds is 3. The van der Waals surface area contributed by atoms with Crippen molar-refractivity contribution in [2.24, 2.45) is 0 Å². The van der Waals surface area contributed by atoms with Crippen LogP contribution >= 0.6 is 0 Å². The van der Waals surface area contributed by atoms with Crippen molar-refractivity contribution in [1.82, 2.24) is 9.97 Å². The predicted molar refractivity (Wildman–Crippen MR) is 84.4 cm³/mol. The van der Waals surface area contributed by atoms with Crippen molar-refractivity contribution in [3.05, 3.63) is 63.6 Å². The Morgan fingerprint density at radius 2 is 2.04 bits per heavy atom. The molecule has 0 saturated heterocycles. The lowest BCUT2D eigenvalue weighted by Gasteiger charge is -2.12. The third kappa shape index (κ3) is 2.88. The standard InChI is InChI=1S/C17H16N2O4/c1-9-8-13(10(2)22-9)17(21)23-11(3)15-18-14-7-5-4-6-12(14)16(20)19-15/h4-8,11H,1-3H3,(H,18,19,20). The first-order chi connectivity index (χ1) is 11.0. The van der Waals surface area contributed by atoms with E-state index in [1.54, 1.807) is 51.1 Å². The number of hydrogen-bond donors (Lipinski definition) is 1. The van der Waals surface area contributed by atoms with Crippen LogP contribution in [0.25, 0.3) is 10.9 Å². The van der Waals surface area contributed by atoms with Gasteiger partial charge in [-0.25, -0.2) is 9.78 Å². The van der Waals surface area contributed by atoms with E-state index in [2.05, 4.69) is 9.97 Å². The number of aromatic nitrogens is 2. The average molecular weight is 312 g/mol. The van der Waals surface area contributed by atoms with Crippen molar-refractivity contribution in [1.29, 1.82) is 0 Å². The van der Waals surface area contributed by atoms with Crippen molar-refractivity contribution in [3.8, 4) is 0 Å². The molecule has 0 bridgehead atoms. The maximum Gasteiger partial charge on any atom is 0.342 e. The van der Waals surface area contributed by atoms with Crippen LogP contribution in [0, 0.1) is 13.8 Å². The highest BCUT2D eigenvalue weighted by atomic mass is 16.5. The molecule has 0 fully saturated rings. The molecular formula is C17H16N2O4. The largest absolute Gasteiger partial charge is 0.466 e. The topological polar surface area (TPSA) is 85.2 Å². The van der Waals surface area contributed by atoms with Crippen molar-refractivity contribution >= 4 is 16.9 Å². The minimum atomic E-state index is -0.686. The molecule has 6 nitrogen and oxygen atoms in total. The van der Waals surface area contributed by atoms with Gasteiger partial charge in [-0.15, -0.1) is 0 Å². The van der Waals surface area contributed by atoms with E-state index in [1.807, 2.05) is 0 Å². The Morgan fingerprint density at radius 3 is 2.74 bits per heavy atom. The lowest BCUT2D eigenvalue weighted by molar-refractivity contribution is 0.0318. The molecule has 0 saturated carbocycles. The SMILES string of the molecule is Cc1cc(C(=O)OC(C)c2nc3ccccc3c(=O)[nH]2)c(C)o1. The number of H-pyrrole nitrogens is 1. The maximum atomic E-state index is 12.2. The zero-order valence-corrected chi connectivity index (χ0v) is 13.0. The van der Waals surface area contributed by atoms with Gasteiger partial charge < -0.3 is 14.1 Å². The zero-order chi connectivity index (χ0) is 16.6. The Hall–Kier alpha value is -2.89. The van der Waals surface area contributed by atoms with E-state index in [0.29, 0.717) is 33.8 Å². The fourth-order valence-corrected chi connectivity index (χ4v) is 2.41. The van der Waals surface area contributed by atoms with Crippen LogP contribution in [-0.4, -0.2) is 15.9 Å². The van der Waals surface area contributed by atoms with Crippen molar-refractivity contribution in [3.63, 3.8) is 0 Å². The Balaban J connectivity index is 1.89. The zero-order valence-electron chi connectivity index (χ0n) is 13.0. The molecule has 3 aromatic rings. The van der Waals surface area contributed by atoms with Crippen LogP contribution in [0.1, 0.15) is 40.7 Å². The molecule has 2 aromatic heterocycles.